The first-order valence-corrected chi connectivity index (χ1v) is 6.79. The Morgan fingerprint density at radius 1 is 1.53 bits per heavy atom. The second-order valence-corrected chi connectivity index (χ2v) is 5.64. The lowest BCUT2D eigenvalue weighted by Crippen LogP contribution is -2.46. The number of rotatable bonds is 3. The number of nitrogens with one attached hydrogen (secondary N) is 2. The maximum absolute atomic E-state index is 11.9. The second kappa shape index (κ2) is 4.85. The number of fused-ring (bicyclic) bond motifs is 2. The number of urea groups is 1. The molecule has 2 fully saturated rings. The van der Waals surface area contributed by atoms with Gasteiger partial charge in [0.1, 0.15) is 0 Å². The number of aromatic nitrogens is 1. The van der Waals surface area contributed by atoms with Crippen molar-refractivity contribution in [1.82, 2.24) is 10.5 Å². The van der Waals surface area contributed by atoms with Crippen molar-refractivity contribution in [2.24, 2.45) is 17.8 Å². The molecule has 4 atom stereocenters. The molecule has 2 aliphatic carbocycles. The van der Waals surface area contributed by atoms with Crippen LogP contribution in [0.25, 0.3) is 0 Å². The topological polar surface area (TPSA) is 87.4 Å². The van der Waals surface area contributed by atoms with Crippen molar-refractivity contribution in [2.45, 2.75) is 32.2 Å². The Morgan fingerprint density at radius 2 is 2.32 bits per heavy atom. The van der Waals surface area contributed by atoms with E-state index >= 15 is 0 Å². The minimum Gasteiger partial charge on any atom is -0.396 e. The Morgan fingerprint density at radius 3 is 3.00 bits per heavy atom. The van der Waals surface area contributed by atoms with E-state index in [-0.39, 0.29) is 24.6 Å². The van der Waals surface area contributed by atoms with Crippen LogP contribution < -0.4 is 10.6 Å². The first kappa shape index (κ1) is 12.5. The average Bonchev–Trinajstić information content (AvgIpc) is 3.05. The molecular weight excluding hydrogens is 246 g/mol. The van der Waals surface area contributed by atoms with Crippen LogP contribution in [0.5, 0.6) is 0 Å². The van der Waals surface area contributed by atoms with Gasteiger partial charge in [-0.25, -0.2) is 4.79 Å². The average molecular weight is 265 g/mol. The molecule has 4 unspecified atom stereocenters. The molecule has 2 aliphatic rings. The summed E-state index contributed by atoms with van der Waals surface area (Å²) in [6.45, 7) is 1.94. The molecule has 0 aliphatic heterocycles. The molecule has 3 N–H and O–H groups in total. The summed E-state index contributed by atoms with van der Waals surface area (Å²) in [5, 5.41) is 18.8. The number of hydrogen-bond acceptors (Lipinski definition) is 4. The highest BCUT2D eigenvalue weighted by Crippen LogP contribution is 2.48. The third kappa shape index (κ3) is 2.32. The van der Waals surface area contributed by atoms with Gasteiger partial charge in [0.15, 0.2) is 0 Å². The number of hydrogen-bond donors (Lipinski definition) is 3. The highest BCUT2D eigenvalue weighted by Gasteiger charge is 2.47. The third-order valence-corrected chi connectivity index (χ3v) is 4.46. The van der Waals surface area contributed by atoms with Crippen LogP contribution in [0.2, 0.25) is 0 Å². The molecule has 3 rings (SSSR count). The van der Waals surface area contributed by atoms with E-state index < -0.39 is 0 Å². The van der Waals surface area contributed by atoms with Gasteiger partial charge in [-0.05, 0) is 38.0 Å². The molecule has 19 heavy (non-hydrogen) atoms. The van der Waals surface area contributed by atoms with Gasteiger partial charge in [0.2, 0.25) is 5.88 Å². The monoisotopic (exact) mass is 265 g/mol. The molecule has 0 spiro atoms. The van der Waals surface area contributed by atoms with Crippen LogP contribution in [0.15, 0.2) is 10.6 Å². The quantitative estimate of drug-likeness (QED) is 0.773. The number of aliphatic hydroxyl groups is 1. The zero-order valence-electron chi connectivity index (χ0n) is 10.9. The Balaban J connectivity index is 1.60. The van der Waals surface area contributed by atoms with E-state index in [1.807, 2.05) is 0 Å². The lowest BCUT2D eigenvalue weighted by atomic mass is 9.85. The van der Waals surface area contributed by atoms with Gasteiger partial charge in [-0.2, -0.15) is 0 Å². The number of carbonyl (C=O) groups is 1. The minimum absolute atomic E-state index is 0.0766. The van der Waals surface area contributed by atoms with Gasteiger partial charge in [-0.1, -0.05) is 5.16 Å². The molecule has 0 radical (unpaired) electrons. The molecule has 6 heteroatoms. The summed E-state index contributed by atoms with van der Waals surface area (Å²) >= 11 is 0. The van der Waals surface area contributed by atoms with Crippen LogP contribution in [0, 0.1) is 24.7 Å². The zero-order chi connectivity index (χ0) is 13.4. The van der Waals surface area contributed by atoms with Crippen molar-refractivity contribution in [1.29, 1.82) is 0 Å². The molecule has 1 aromatic rings. The number of aryl methyl sites for hydroxylation is 1. The summed E-state index contributed by atoms with van der Waals surface area (Å²) in [5.41, 5.74) is 0.725. The van der Waals surface area contributed by atoms with Crippen LogP contribution in [-0.4, -0.2) is 28.9 Å². The molecule has 1 heterocycles. The van der Waals surface area contributed by atoms with E-state index in [0.29, 0.717) is 17.7 Å². The van der Waals surface area contributed by atoms with E-state index in [1.165, 1.54) is 6.42 Å². The fourth-order valence-electron chi connectivity index (χ4n) is 3.62. The standard InChI is InChI=1S/C13H19N3O3/c1-7-4-11(19-16-7)14-13(18)15-12-9-3-2-8(5-9)10(12)6-17/h4,8-10,12,17H,2-3,5-6H2,1H3,(H2,14,15,18). The summed E-state index contributed by atoms with van der Waals surface area (Å²) in [4.78, 5) is 11.9. The number of amides is 2. The summed E-state index contributed by atoms with van der Waals surface area (Å²) in [7, 11) is 0. The Hall–Kier alpha value is -1.56. The van der Waals surface area contributed by atoms with Crippen molar-refractivity contribution in [3.63, 3.8) is 0 Å². The Kier molecular flexibility index (Phi) is 3.18. The molecule has 0 saturated heterocycles. The van der Waals surface area contributed by atoms with Crippen molar-refractivity contribution in [2.75, 3.05) is 11.9 Å². The first-order chi connectivity index (χ1) is 9.17. The maximum Gasteiger partial charge on any atom is 0.321 e. The van der Waals surface area contributed by atoms with Gasteiger partial charge in [-0.15, -0.1) is 0 Å². The number of anilines is 1. The van der Waals surface area contributed by atoms with Crippen LogP contribution in [-0.2, 0) is 0 Å². The molecule has 104 valence electrons. The number of aliphatic hydroxyl groups excluding tert-OH is 1. The third-order valence-electron chi connectivity index (χ3n) is 4.46. The molecule has 0 aromatic carbocycles. The Bertz CT molecular complexity index is 473. The van der Waals surface area contributed by atoms with Gasteiger partial charge in [-0.3, -0.25) is 5.32 Å². The molecular formula is C13H19N3O3. The van der Waals surface area contributed by atoms with Gasteiger partial charge in [0, 0.05) is 24.6 Å². The van der Waals surface area contributed by atoms with Gasteiger partial charge < -0.3 is 14.9 Å². The highest BCUT2D eigenvalue weighted by atomic mass is 16.5. The predicted octanol–water partition coefficient (Wildman–Crippen LogP) is 1.51. The lowest BCUT2D eigenvalue weighted by molar-refractivity contribution is 0.146. The van der Waals surface area contributed by atoms with E-state index in [2.05, 4.69) is 15.8 Å². The number of nitrogens with zero attached hydrogens (tertiary/aromatic N) is 1. The highest BCUT2D eigenvalue weighted by molar-refractivity contribution is 5.88. The molecule has 2 bridgehead atoms. The largest absolute Gasteiger partial charge is 0.396 e. The fourth-order valence-corrected chi connectivity index (χ4v) is 3.62. The molecule has 2 saturated carbocycles. The van der Waals surface area contributed by atoms with E-state index in [0.717, 1.165) is 18.5 Å². The van der Waals surface area contributed by atoms with Gasteiger partial charge in [0.05, 0.1) is 5.69 Å². The van der Waals surface area contributed by atoms with Crippen LogP contribution in [0.1, 0.15) is 25.0 Å². The predicted molar refractivity (Wildman–Crippen MR) is 68.6 cm³/mol. The molecule has 2 amide bonds. The Labute approximate surface area is 111 Å². The summed E-state index contributed by atoms with van der Waals surface area (Å²) in [6.07, 6.45) is 3.45. The van der Waals surface area contributed by atoms with Crippen molar-refractivity contribution in [3.05, 3.63) is 11.8 Å². The molecule has 6 nitrogen and oxygen atoms in total. The van der Waals surface area contributed by atoms with Gasteiger partial charge in [0.25, 0.3) is 0 Å². The maximum atomic E-state index is 11.9. The van der Waals surface area contributed by atoms with E-state index in [9.17, 15) is 9.90 Å². The minimum atomic E-state index is -0.285. The summed E-state index contributed by atoms with van der Waals surface area (Å²) in [5.74, 6) is 1.61. The van der Waals surface area contributed by atoms with E-state index in [4.69, 9.17) is 4.52 Å². The zero-order valence-corrected chi connectivity index (χ0v) is 10.9. The van der Waals surface area contributed by atoms with Gasteiger partial charge >= 0.3 is 6.03 Å². The lowest BCUT2D eigenvalue weighted by Gasteiger charge is -2.30. The first-order valence-electron chi connectivity index (χ1n) is 6.79. The molecule has 1 aromatic heterocycles. The normalized spacial score (nSPS) is 32.5. The van der Waals surface area contributed by atoms with Crippen LogP contribution in [0.4, 0.5) is 10.7 Å². The van der Waals surface area contributed by atoms with Crippen molar-refractivity contribution in [3.8, 4) is 0 Å². The van der Waals surface area contributed by atoms with E-state index in [1.54, 1.807) is 13.0 Å². The van der Waals surface area contributed by atoms with Crippen LogP contribution in [0.3, 0.4) is 0 Å². The van der Waals surface area contributed by atoms with Crippen molar-refractivity contribution < 1.29 is 14.4 Å². The second-order valence-electron chi connectivity index (χ2n) is 5.64. The number of carbonyl (C=O) groups excluding carboxylic acids is 1. The van der Waals surface area contributed by atoms with Crippen LogP contribution >= 0.6 is 0 Å². The SMILES string of the molecule is Cc1cc(NC(=O)NC2C3CCC(C3)C2CO)on1. The smallest absolute Gasteiger partial charge is 0.321 e. The van der Waals surface area contributed by atoms with Crippen molar-refractivity contribution >= 4 is 11.9 Å². The fraction of sp³-hybridized carbons (Fsp3) is 0.692. The summed E-state index contributed by atoms with van der Waals surface area (Å²) < 4.78 is 4.94. The summed E-state index contributed by atoms with van der Waals surface area (Å²) in [6, 6.07) is 1.46.